The topological polar surface area (TPSA) is 37.3 Å². The largest absolute Gasteiger partial charge is 0.481 e. The molecule has 1 atom stereocenters. The molecule has 0 bridgehead atoms. The lowest BCUT2D eigenvalue weighted by Crippen LogP contribution is -2.18. The maximum atomic E-state index is 12.7. The van der Waals surface area contributed by atoms with E-state index in [0.29, 0.717) is 18.2 Å². The van der Waals surface area contributed by atoms with Crippen molar-refractivity contribution >= 4 is 5.97 Å². The second kappa shape index (κ2) is 5.34. The van der Waals surface area contributed by atoms with E-state index in [1.54, 1.807) is 0 Å². The van der Waals surface area contributed by atoms with Crippen LogP contribution in [0.1, 0.15) is 23.6 Å². The van der Waals surface area contributed by atoms with Gasteiger partial charge in [-0.05, 0) is 30.2 Å². The molecule has 0 aliphatic rings. The highest BCUT2D eigenvalue weighted by molar-refractivity contribution is 5.70. The number of rotatable bonds is 3. The predicted molar refractivity (Wildman–Crippen MR) is 56.9 cm³/mol. The predicted octanol–water partition coefficient (Wildman–Crippen LogP) is 3.99. The van der Waals surface area contributed by atoms with Crippen molar-refractivity contribution in [2.45, 2.75) is 25.7 Å². The summed E-state index contributed by atoms with van der Waals surface area (Å²) in [6.07, 6.45) is -10.3. The Kier molecular flexibility index (Phi) is 4.36. The molecule has 0 fully saturated rings. The standard InChI is InChI=1S/C12H10F6O2/c1-6(10(19)20)4-7-5-8(11(13,14)15)2-3-9(7)12(16,17)18/h2-3,5-6H,4H2,1H3,(H,19,20). The Hall–Kier alpha value is -1.73. The average molecular weight is 300 g/mol. The lowest BCUT2D eigenvalue weighted by molar-refractivity contribution is -0.143. The number of carboxylic acid groups (broad SMARTS) is 1. The first-order valence-electron chi connectivity index (χ1n) is 5.43. The molecule has 0 aromatic heterocycles. The fourth-order valence-corrected chi connectivity index (χ4v) is 1.63. The molecule has 0 heterocycles. The minimum Gasteiger partial charge on any atom is -0.481 e. The number of aliphatic carboxylic acids is 1. The molecule has 0 amide bonds. The molecule has 0 spiro atoms. The number of hydrogen-bond acceptors (Lipinski definition) is 1. The number of hydrogen-bond donors (Lipinski definition) is 1. The van der Waals surface area contributed by atoms with Crippen LogP contribution in [-0.2, 0) is 23.6 Å². The van der Waals surface area contributed by atoms with Gasteiger partial charge in [0.05, 0.1) is 17.0 Å². The molecule has 8 heteroatoms. The highest BCUT2D eigenvalue weighted by atomic mass is 19.4. The minimum atomic E-state index is -4.84. The molecule has 0 saturated heterocycles. The van der Waals surface area contributed by atoms with E-state index < -0.39 is 47.4 Å². The lowest BCUT2D eigenvalue weighted by atomic mass is 9.94. The molecule has 1 aromatic carbocycles. The van der Waals surface area contributed by atoms with E-state index in [0.717, 1.165) is 6.92 Å². The average Bonchev–Trinajstić information content (AvgIpc) is 2.25. The molecule has 2 nitrogen and oxygen atoms in total. The van der Waals surface area contributed by atoms with Gasteiger partial charge in [0.15, 0.2) is 0 Å². The number of carbonyl (C=O) groups is 1. The Morgan fingerprint density at radius 1 is 1.15 bits per heavy atom. The van der Waals surface area contributed by atoms with Crippen molar-refractivity contribution in [2.75, 3.05) is 0 Å². The van der Waals surface area contributed by atoms with Crippen LogP contribution in [-0.4, -0.2) is 11.1 Å². The third-order valence-corrected chi connectivity index (χ3v) is 2.69. The Morgan fingerprint density at radius 3 is 2.10 bits per heavy atom. The van der Waals surface area contributed by atoms with Gasteiger partial charge in [0.25, 0.3) is 0 Å². The van der Waals surface area contributed by atoms with Crippen LogP contribution in [0.3, 0.4) is 0 Å². The number of carboxylic acids is 1. The van der Waals surface area contributed by atoms with Crippen LogP contribution in [0.15, 0.2) is 18.2 Å². The fourth-order valence-electron chi connectivity index (χ4n) is 1.63. The number of halogens is 6. The third kappa shape index (κ3) is 3.88. The van der Waals surface area contributed by atoms with Crippen LogP contribution in [0.2, 0.25) is 0 Å². The highest BCUT2D eigenvalue weighted by Gasteiger charge is 2.37. The zero-order chi connectivity index (χ0) is 15.7. The van der Waals surface area contributed by atoms with E-state index in [1.807, 2.05) is 0 Å². The van der Waals surface area contributed by atoms with Crippen molar-refractivity contribution in [3.05, 3.63) is 34.9 Å². The van der Waals surface area contributed by atoms with Crippen LogP contribution in [0.5, 0.6) is 0 Å². The SMILES string of the molecule is CC(Cc1cc(C(F)(F)F)ccc1C(F)(F)F)C(=O)O. The summed E-state index contributed by atoms with van der Waals surface area (Å²) >= 11 is 0. The molecule has 1 N–H and O–H groups in total. The van der Waals surface area contributed by atoms with Gasteiger partial charge in [-0.15, -0.1) is 0 Å². The van der Waals surface area contributed by atoms with Gasteiger partial charge >= 0.3 is 18.3 Å². The molecule has 1 rings (SSSR count). The molecule has 1 unspecified atom stereocenters. The van der Waals surface area contributed by atoms with Gasteiger partial charge in [0.1, 0.15) is 0 Å². The normalized spacial score (nSPS) is 14.2. The van der Waals surface area contributed by atoms with Crippen molar-refractivity contribution in [1.29, 1.82) is 0 Å². The maximum Gasteiger partial charge on any atom is 0.416 e. The molecule has 0 saturated carbocycles. The molecule has 20 heavy (non-hydrogen) atoms. The highest BCUT2D eigenvalue weighted by Crippen LogP contribution is 2.37. The monoisotopic (exact) mass is 300 g/mol. The van der Waals surface area contributed by atoms with Gasteiger partial charge in [-0.2, -0.15) is 26.3 Å². The Morgan fingerprint density at radius 2 is 1.70 bits per heavy atom. The second-order valence-corrected chi connectivity index (χ2v) is 4.31. The van der Waals surface area contributed by atoms with Gasteiger partial charge < -0.3 is 5.11 Å². The van der Waals surface area contributed by atoms with E-state index in [-0.39, 0.29) is 0 Å². The van der Waals surface area contributed by atoms with Crippen molar-refractivity contribution < 1.29 is 36.2 Å². The molecule has 0 aliphatic heterocycles. The van der Waals surface area contributed by atoms with Gasteiger partial charge in [-0.3, -0.25) is 4.79 Å². The van der Waals surface area contributed by atoms with Crippen molar-refractivity contribution in [1.82, 2.24) is 0 Å². The van der Waals surface area contributed by atoms with Crippen molar-refractivity contribution in [3.63, 3.8) is 0 Å². The van der Waals surface area contributed by atoms with Gasteiger partial charge in [-0.1, -0.05) is 6.92 Å². The lowest BCUT2D eigenvalue weighted by Gasteiger charge is -2.17. The van der Waals surface area contributed by atoms with Crippen LogP contribution in [0.4, 0.5) is 26.3 Å². The van der Waals surface area contributed by atoms with Crippen LogP contribution in [0.25, 0.3) is 0 Å². The van der Waals surface area contributed by atoms with Crippen LogP contribution < -0.4 is 0 Å². The van der Waals surface area contributed by atoms with Gasteiger partial charge in [-0.25, -0.2) is 0 Å². The summed E-state index contributed by atoms with van der Waals surface area (Å²) in [4.78, 5) is 10.6. The van der Waals surface area contributed by atoms with E-state index in [2.05, 4.69) is 0 Å². The molecule has 1 aromatic rings. The molecule has 112 valence electrons. The summed E-state index contributed by atoms with van der Waals surface area (Å²) in [7, 11) is 0. The maximum absolute atomic E-state index is 12.7. The fraction of sp³-hybridized carbons (Fsp3) is 0.417. The Bertz CT molecular complexity index is 504. The van der Waals surface area contributed by atoms with Gasteiger partial charge in [0, 0.05) is 0 Å². The smallest absolute Gasteiger partial charge is 0.416 e. The Labute approximate surface area is 110 Å². The first kappa shape index (κ1) is 16.3. The Balaban J connectivity index is 3.31. The van der Waals surface area contributed by atoms with Crippen LogP contribution >= 0.6 is 0 Å². The zero-order valence-corrected chi connectivity index (χ0v) is 10.1. The molecular formula is C12H10F6O2. The third-order valence-electron chi connectivity index (χ3n) is 2.69. The van der Waals surface area contributed by atoms with Crippen LogP contribution in [0, 0.1) is 5.92 Å². The zero-order valence-electron chi connectivity index (χ0n) is 10.1. The number of benzene rings is 1. The summed E-state index contributed by atoms with van der Waals surface area (Å²) in [5.41, 5.74) is -3.17. The quantitative estimate of drug-likeness (QED) is 0.857. The summed E-state index contributed by atoms with van der Waals surface area (Å²) in [6.45, 7) is 1.13. The van der Waals surface area contributed by atoms with E-state index in [4.69, 9.17) is 5.11 Å². The summed E-state index contributed by atoms with van der Waals surface area (Å²) in [6, 6.07) is 1.01. The first-order chi connectivity index (χ1) is 8.93. The molecule has 0 radical (unpaired) electrons. The summed E-state index contributed by atoms with van der Waals surface area (Å²) < 4.78 is 75.6. The first-order valence-corrected chi connectivity index (χ1v) is 5.43. The van der Waals surface area contributed by atoms with Crippen molar-refractivity contribution in [2.24, 2.45) is 5.92 Å². The molecule has 0 aliphatic carbocycles. The van der Waals surface area contributed by atoms with E-state index in [9.17, 15) is 31.1 Å². The summed E-state index contributed by atoms with van der Waals surface area (Å²) in [5.74, 6) is -2.60. The summed E-state index contributed by atoms with van der Waals surface area (Å²) in [5, 5.41) is 8.66. The van der Waals surface area contributed by atoms with E-state index in [1.165, 1.54) is 0 Å². The second-order valence-electron chi connectivity index (χ2n) is 4.31. The van der Waals surface area contributed by atoms with E-state index >= 15 is 0 Å². The minimum absolute atomic E-state index is 0.326. The van der Waals surface area contributed by atoms with Crippen molar-refractivity contribution in [3.8, 4) is 0 Å². The molecular weight excluding hydrogens is 290 g/mol. The van der Waals surface area contributed by atoms with Gasteiger partial charge in [0.2, 0.25) is 0 Å². The number of alkyl halides is 6.